The van der Waals surface area contributed by atoms with Gasteiger partial charge in [0.15, 0.2) is 5.96 Å². The van der Waals surface area contributed by atoms with Gasteiger partial charge in [0.05, 0.1) is 18.9 Å². The molecule has 2 rings (SSSR count). The van der Waals surface area contributed by atoms with Crippen molar-refractivity contribution in [2.24, 2.45) is 4.99 Å². The summed E-state index contributed by atoms with van der Waals surface area (Å²) in [5.41, 5.74) is 1.14. The van der Waals surface area contributed by atoms with E-state index in [1.807, 2.05) is 50.2 Å². The quantitative estimate of drug-likeness (QED) is 0.208. The maximum atomic E-state index is 5.66. The van der Waals surface area contributed by atoms with Gasteiger partial charge in [-0.15, -0.1) is 24.0 Å². The minimum absolute atomic E-state index is 0. The number of benzene rings is 1. The van der Waals surface area contributed by atoms with Crippen LogP contribution in [-0.2, 0) is 17.9 Å². The summed E-state index contributed by atoms with van der Waals surface area (Å²) in [5.74, 6) is 2.55. The Kier molecular flexibility index (Phi) is 12.4. The first-order valence-electron chi connectivity index (χ1n) is 9.55. The third-order valence-corrected chi connectivity index (χ3v) is 3.64. The second kappa shape index (κ2) is 14.3. The van der Waals surface area contributed by atoms with Gasteiger partial charge < -0.3 is 24.5 Å². The summed E-state index contributed by atoms with van der Waals surface area (Å²) >= 11 is 0. The van der Waals surface area contributed by atoms with E-state index in [0.29, 0.717) is 19.8 Å². The molecule has 7 heteroatoms. The molecule has 0 fully saturated rings. The van der Waals surface area contributed by atoms with Crippen LogP contribution >= 0.6 is 24.0 Å². The number of nitrogens with one attached hydrogen (secondary N) is 2. The number of furan rings is 1. The van der Waals surface area contributed by atoms with E-state index in [1.54, 1.807) is 6.26 Å². The highest BCUT2D eigenvalue weighted by molar-refractivity contribution is 14.0. The van der Waals surface area contributed by atoms with E-state index in [9.17, 15) is 0 Å². The summed E-state index contributed by atoms with van der Waals surface area (Å²) in [7, 11) is 0. The Morgan fingerprint density at radius 1 is 1.14 bits per heavy atom. The van der Waals surface area contributed by atoms with E-state index in [-0.39, 0.29) is 30.1 Å². The van der Waals surface area contributed by atoms with Crippen molar-refractivity contribution in [2.45, 2.75) is 46.4 Å². The molecule has 0 saturated heterocycles. The molecular weight excluding hydrogens is 469 g/mol. The molecule has 0 unspecified atom stereocenters. The number of nitrogens with zero attached hydrogens (tertiary/aromatic N) is 1. The van der Waals surface area contributed by atoms with Crippen molar-refractivity contribution >= 4 is 29.9 Å². The average Bonchev–Trinajstić information content (AvgIpc) is 3.16. The van der Waals surface area contributed by atoms with E-state index in [2.05, 4.69) is 22.5 Å². The molecule has 0 aliphatic heterocycles. The normalized spacial score (nSPS) is 11.2. The molecule has 0 radical (unpaired) electrons. The minimum Gasteiger partial charge on any atom is -0.491 e. The van der Waals surface area contributed by atoms with Crippen molar-refractivity contribution in [3.8, 4) is 5.75 Å². The Hall–Kier alpha value is -1.74. The summed E-state index contributed by atoms with van der Waals surface area (Å²) in [6, 6.07) is 11.9. The van der Waals surface area contributed by atoms with Gasteiger partial charge in [-0.1, -0.05) is 12.1 Å². The monoisotopic (exact) mass is 501 g/mol. The minimum atomic E-state index is 0. The molecule has 0 aliphatic carbocycles. The molecule has 6 nitrogen and oxygen atoms in total. The number of hydrogen-bond acceptors (Lipinski definition) is 4. The number of guanidine groups is 1. The molecule has 0 spiro atoms. The van der Waals surface area contributed by atoms with Gasteiger partial charge in [-0.2, -0.15) is 0 Å². The highest BCUT2D eigenvalue weighted by Gasteiger charge is 2.00. The Morgan fingerprint density at radius 2 is 1.93 bits per heavy atom. The van der Waals surface area contributed by atoms with E-state index >= 15 is 0 Å². The third-order valence-electron chi connectivity index (χ3n) is 3.64. The first-order chi connectivity index (χ1) is 13.2. The van der Waals surface area contributed by atoms with Crippen LogP contribution in [0.4, 0.5) is 0 Å². The third kappa shape index (κ3) is 9.98. The Labute approximate surface area is 185 Å². The fourth-order valence-corrected chi connectivity index (χ4v) is 2.41. The van der Waals surface area contributed by atoms with Crippen LogP contribution in [0.25, 0.3) is 0 Å². The fraction of sp³-hybridized carbons (Fsp3) is 0.476. The topological polar surface area (TPSA) is 68.0 Å². The highest BCUT2D eigenvalue weighted by Crippen LogP contribution is 2.14. The molecular formula is C21H32IN3O3. The molecule has 0 saturated carbocycles. The van der Waals surface area contributed by atoms with Crippen molar-refractivity contribution in [3.63, 3.8) is 0 Å². The number of aliphatic imine (C=N–C) groups is 1. The van der Waals surface area contributed by atoms with Gasteiger partial charge in [0.25, 0.3) is 0 Å². The van der Waals surface area contributed by atoms with Crippen LogP contribution in [0.3, 0.4) is 0 Å². The van der Waals surface area contributed by atoms with Crippen LogP contribution in [0.2, 0.25) is 0 Å². The predicted molar refractivity (Wildman–Crippen MR) is 123 cm³/mol. The van der Waals surface area contributed by atoms with Crippen molar-refractivity contribution in [2.75, 3.05) is 19.7 Å². The van der Waals surface area contributed by atoms with Crippen LogP contribution in [-0.4, -0.2) is 31.8 Å². The van der Waals surface area contributed by atoms with Gasteiger partial charge in [-0.05, 0) is 57.0 Å². The first-order valence-corrected chi connectivity index (χ1v) is 9.55. The standard InChI is InChI=1S/C21H31N3O3.HI/c1-4-22-21(23-12-6-13-25-16-20-7-5-14-26-20)24-15-18-8-10-19(11-9-18)27-17(2)3;/h5,7-11,14,17H,4,6,12-13,15-16H2,1-3H3,(H2,22,23,24);1H. The molecule has 0 atom stereocenters. The molecule has 28 heavy (non-hydrogen) atoms. The molecule has 0 bridgehead atoms. The molecule has 0 aliphatic rings. The van der Waals surface area contributed by atoms with E-state index in [1.165, 1.54) is 0 Å². The summed E-state index contributed by atoms with van der Waals surface area (Å²) in [6.07, 6.45) is 2.73. The fourth-order valence-electron chi connectivity index (χ4n) is 2.41. The second-order valence-electron chi connectivity index (χ2n) is 6.42. The van der Waals surface area contributed by atoms with Crippen LogP contribution in [0.1, 0.15) is 38.5 Å². The zero-order valence-electron chi connectivity index (χ0n) is 16.9. The van der Waals surface area contributed by atoms with Gasteiger partial charge in [-0.25, -0.2) is 4.99 Å². The Bertz CT molecular complexity index is 658. The zero-order valence-corrected chi connectivity index (χ0v) is 19.3. The summed E-state index contributed by atoms with van der Waals surface area (Å²) in [6.45, 7) is 9.52. The number of ether oxygens (including phenoxy) is 2. The van der Waals surface area contributed by atoms with Crippen molar-refractivity contribution in [1.29, 1.82) is 0 Å². The van der Waals surface area contributed by atoms with Crippen molar-refractivity contribution in [1.82, 2.24) is 10.6 Å². The van der Waals surface area contributed by atoms with E-state index in [0.717, 1.165) is 42.5 Å². The average molecular weight is 501 g/mol. The van der Waals surface area contributed by atoms with Gasteiger partial charge in [0.1, 0.15) is 18.1 Å². The van der Waals surface area contributed by atoms with Gasteiger partial charge in [0, 0.05) is 19.7 Å². The SMILES string of the molecule is CCNC(=NCc1ccc(OC(C)C)cc1)NCCCOCc1ccco1.I. The predicted octanol–water partition coefficient (Wildman–Crippen LogP) is 4.35. The maximum Gasteiger partial charge on any atom is 0.191 e. The number of halogens is 1. The van der Waals surface area contributed by atoms with Crippen molar-refractivity contribution < 1.29 is 13.9 Å². The van der Waals surface area contributed by atoms with Crippen LogP contribution in [0.15, 0.2) is 52.1 Å². The lowest BCUT2D eigenvalue weighted by molar-refractivity contribution is 0.105. The van der Waals surface area contributed by atoms with E-state index < -0.39 is 0 Å². The molecule has 2 aromatic rings. The molecule has 1 aromatic carbocycles. The van der Waals surface area contributed by atoms with Gasteiger partial charge in [-0.3, -0.25) is 0 Å². The van der Waals surface area contributed by atoms with Crippen LogP contribution < -0.4 is 15.4 Å². The molecule has 156 valence electrons. The first kappa shape index (κ1) is 24.3. The molecule has 1 heterocycles. The number of hydrogen-bond donors (Lipinski definition) is 2. The number of rotatable bonds is 11. The molecule has 1 aromatic heterocycles. The lowest BCUT2D eigenvalue weighted by atomic mass is 10.2. The molecule has 0 amide bonds. The largest absolute Gasteiger partial charge is 0.491 e. The van der Waals surface area contributed by atoms with E-state index in [4.69, 9.17) is 13.9 Å². The van der Waals surface area contributed by atoms with Crippen LogP contribution in [0, 0.1) is 0 Å². The smallest absolute Gasteiger partial charge is 0.191 e. The Morgan fingerprint density at radius 3 is 2.57 bits per heavy atom. The lowest BCUT2D eigenvalue weighted by Gasteiger charge is -2.12. The lowest BCUT2D eigenvalue weighted by Crippen LogP contribution is -2.38. The zero-order chi connectivity index (χ0) is 19.3. The molecule has 2 N–H and O–H groups in total. The van der Waals surface area contributed by atoms with Crippen LogP contribution in [0.5, 0.6) is 5.75 Å². The summed E-state index contributed by atoms with van der Waals surface area (Å²) in [4.78, 5) is 4.63. The summed E-state index contributed by atoms with van der Waals surface area (Å²) in [5, 5.41) is 6.59. The summed E-state index contributed by atoms with van der Waals surface area (Å²) < 4.78 is 16.5. The maximum absolute atomic E-state index is 5.66. The second-order valence-corrected chi connectivity index (χ2v) is 6.42. The van der Waals surface area contributed by atoms with Gasteiger partial charge in [0.2, 0.25) is 0 Å². The van der Waals surface area contributed by atoms with Crippen molar-refractivity contribution in [3.05, 3.63) is 54.0 Å². The van der Waals surface area contributed by atoms with Gasteiger partial charge >= 0.3 is 0 Å². The highest BCUT2D eigenvalue weighted by atomic mass is 127. The Balaban J connectivity index is 0.00000392.